The number of halogens is 5. The van der Waals surface area contributed by atoms with E-state index in [2.05, 4.69) is 5.32 Å². The first-order valence-electron chi connectivity index (χ1n) is 6.99. The van der Waals surface area contributed by atoms with Crippen LogP contribution >= 0.6 is 0 Å². The van der Waals surface area contributed by atoms with Crippen molar-refractivity contribution in [1.29, 1.82) is 0 Å². The van der Waals surface area contributed by atoms with Crippen LogP contribution in [-0.2, 0) is 17.4 Å². The Bertz CT molecular complexity index is 514. The number of nitrogens with one attached hydrogen (secondary N) is 1. The molecular weight excluding hydrogens is 305 g/mol. The maximum atomic E-state index is 13.0. The van der Waals surface area contributed by atoms with Gasteiger partial charge in [0.25, 0.3) is 0 Å². The van der Waals surface area contributed by atoms with E-state index < -0.39 is 17.7 Å². The van der Waals surface area contributed by atoms with Gasteiger partial charge in [-0.25, -0.2) is 8.78 Å². The number of hydrogen-bond donors (Lipinski definition) is 1. The van der Waals surface area contributed by atoms with Crippen molar-refractivity contribution >= 4 is 5.91 Å². The van der Waals surface area contributed by atoms with Gasteiger partial charge in [0.05, 0.1) is 12.0 Å². The molecule has 1 amide bonds. The summed E-state index contributed by atoms with van der Waals surface area (Å²) in [5.41, 5.74) is -0.321. The van der Waals surface area contributed by atoms with Crippen molar-refractivity contribution in [3.8, 4) is 0 Å². The molecule has 1 saturated carbocycles. The largest absolute Gasteiger partial charge is 0.416 e. The van der Waals surface area contributed by atoms with Crippen LogP contribution in [0.1, 0.15) is 36.8 Å². The Morgan fingerprint density at radius 3 is 2.18 bits per heavy atom. The molecule has 1 aromatic rings. The highest BCUT2D eigenvalue weighted by Crippen LogP contribution is 2.33. The van der Waals surface area contributed by atoms with Gasteiger partial charge in [-0.2, -0.15) is 13.2 Å². The van der Waals surface area contributed by atoms with Gasteiger partial charge in [0, 0.05) is 18.9 Å². The normalized spacial score (nSPS) is 19.0. The lowest BCUT2D eigenvalue weighted by molar-refractivity contribution is -0.137. The van der Waals surface area contributed by atoms with Crippen molar-refractivity contribution in [2.45, 2.75) is 50.2 Å². The van der Waals surface area contributed by atoms with E-state index >= 15 is 0 Å². The molecule has 0 spiro atoms. The fourth-order valence-electron chi connectivity index (χ4n) is 2.46. The maximum absolute atomic E-state index is 13.0. The third kappa shape index (κ3) is 4.68. The van der Waals surface area contributed by atoms with Crippen LogP contribution in [0.2, 0.25) is 0 Å². The number of alkyl halides is 5. The molecular formula is C15H16F5NO. The van der Waals surface area contributed by atoms with Crippen LogP contribution in [0.25, 0.3) is 0 Å². The summed E-state index contributed by atoms with van der Waals surface area (Å²) in [6, 6.07) is 4.05. The molecule has 1 fully saturated rings. The van der Waals surface area contributed by atoms with E-state index in [0.29, 0.717) is 5.56 Å². The van der Waals surface area contributed by atoms with Crippen LogP contribution in [0.15, 0.2) is 24.3 Å². The van der Waals surface area contributed by atoms with Crippen LogP contribution in [0, 0.1) is 0 Å². The van der Waals surface area contributed by atoms with Gasteiger partial charge in [-0.3, -0.25) is 4.79 Å². The fourth-order valence-corrected chi connectivity index (χ4v) is 2.46. The van der Waals surface area contributed by atoms with Crippen LogP contribution < -0.4 is 5.32 Å². The van der Waals surface area contributed by atoms with Crippen molar-refractivity contribution in [1.82, 2.24) is 5.32 Å². The number of hydrogen-bond acceptors (Lipinski definition) is 1. The average Bonchev–Trinajstić information content (AvgIpc) is 2.41. The minimum Gasteiger partial charge on any atom is -0.353 e. The van der Waals surface area contributed by atoms with Gasteiger partial charge in [0.2, 0.25) is 11.8 Å². The highest BCUT2D eigenvalue weighted by molar-refractivity contribution is 5.78. The number of carbonyl (C=O) groups is 1. The molecule has 0 atom stereocenters. The summed E-state index contributed by atoms with van der Waals surface area (Å²) in [7, 11) is 0. The second kappa shape index (κ2) is 6.22. The van der Waals surface area contributed by atoms with Crippen molar-refractivity contribution in [3.05, 3.63) is 35.4 Å². The molecule has 22 heavy (non-hydrogen) atoms. The Kier molecular flexibility index (Phi) is 4.72. The molecule has 1 N–H and O–H groups in total. The predicted octanol–water partition coefficient (Wildman–Crippen LogP) is 3.94. The molecule has 2 nitrogen and oxygen atoms in total. The molecule has 0 aliphatic heterocycles. The molecule has 0 bridgehead atoms. The minimum atomic E-state index is -4.41. The first-order chi connectivity index (χ1) is 10.2. The Morgan fingerprint density at radius 1 is 1.14 bits per heavy atom. The van der Waals surface area contributed by atoms with Crippen LogP contribution in [0.4, 0.5) is 22.0 Å². The lowest BCUT2D eigenvalue weighted by Gasteiger charge is -2.28. The van der Waals surface area contributed by atoms with Gasteiger partial charge < -0.3 is 5.32 Å². The van der Waals surface area contributed by atoms with Crippen LogP contribution in [0.3, 0.4) is 0 Å². The molecule has 0 unspecified atom stereocenters. The van der Waals surface area contributed by atoms with Crippen molar-refractivity contribution in [2.75, 3.05) is 0 Å². The molecule has 1 aliphatic rings. The first-order valence-corrected chi connectivity index (χ1v) is 6.99. The zero-order valence-corrected chi connectivity index (χ0v) is 11.7. The smallest absolute Gasteiger partial charge is 0.353 e. The highest BCUT2D eigenvalue weighted by Gasteiger charge is 2.35. The minimum absolute atomic E-state index is 0.0645. The lowest BCUT2D eigenvalue weighted by Crippen LogP contribution is -2.40. The lowest BCUT2D eigenvalue weighted by atomic mass is 9.92. The van der Waals surface area contributed by atoms with Crippen LogP contribution in [0.5, 0.6) is 0 Å². The molecule has 0 aromatic heterocycles. The summed E-state index contributed by atoms with van der Waals surface area (Å²) in [6.45, 7) is 0. The standard InChI is InChI=1S/C15H16F5NO/c16-14(17)7-5-12(6-8-14)21-13(22)9-10-1-3-11(4-2-10)15(18,19)20/h1-4,12H,5-9H2,(H,21,22). The van der Waals surface area contributed by atoms with Crippen LogP contribution in [-0.4, -0.2) is 17.9 Å². The summed E-state index contributed by atoms with van der Waals surface area (Å²) in [4.78, 5) is 11.8. The van der Waals surface area contributed by atoms with E-state index in [-0.39, 0.29) is 44.1 Å². The Labute approximate surface area is 124 Å². The molecule has 1 aliphatic carbocycles. The summed E-state index contributed by atoms with van der Waals surface area (Å²) in [6.07, 6.45) is -4.55. The quantitative estimate of drug-likeness (QED) is 0.840. The van der Waals surface area contributed by atoms with E-state index in [1.165, 1.54) is 12.1 Å². The van der Waals surface area contributed by atoms with E-state index in [0.717, 1.165) is 12.1 Å². The average molecular weight is 321 g/mol. The second-order valence-corrected chi connectivity index (χ2v) is 5.57. The van der Waals surface area contributed by atoms with E-state index in [4.69, 9.17) is 0 Å². The van der Waals surface area contributed by atoms with Crippen molar-refractivity contribution < 1.29 is 26.7 Å². The molecule has 7 heteroatoms. The highest BCUT2D eigenvalue weighted by atomic mass is 19.4. The topological polar surface area (TPSA) is 29.1 Å². The monoisotopic (exact) mass is 321 g/mol. The summed E-state index contributed by atoms with van der Waals surface area (Å²) in [5, 5.41) is 2.66. The van der Waals surface area contributed by atoms with E-state index in [1.807, 2.05) is 0 Å². The molecule has 2 rings (SSSR count). The van der Waals surface area contributed by atoms with Gasteiger partial charge >= 0.3 is 6.18 Å². The molecule has 0 heterocycles. The number of amides is 1. The first kappa shape index (κ1) is 16.7. The number of carbonyl (C=O) groups excluding carboxylic acids is 1. The summed E-state index contributed by atoms with van der Waals surface area (Å²) in [5.74, 6) is -3.02. The Balaban J connectivity index is 1.85. The zero-order valence-electron chi connectivity index (χ0n) is 11.7. The SMILES string of the molecule is O=C(Cc1ccc(C(F)(F)F)cc1)NC1CCC(F)(F)CC1. The van der Waals surface area contributed by atoms with Gasteiger partial charge in [-0.15, -0.1) is 0 Å². The summed E-state index contributed by atoms with van der Waals surface area (Å²) < 4.78 is 63.2. The van der Waals surface area contributed by atoms with E-state index in [1.54, 1.807) is 0 Å². The zero-order chi connectivity index (χ0) is 16.4. The predicted molar refractivity (Wildman–Crippen MR) is 70.5 cm³/mol. The molecule has 122 valence electrons. The Morgan fingerprint density at radius 2 is 1.68 bits per heavy atom. The Hall–Kier alpha value is -1.66. The maximum Gasteiger partial charge on any atom is 0.416 e. The molecule has 0 radical (unpaired) electrons. The number of rotatable bonds is 3. The van der Waals surface area contributed by atoms with Gasteiger partial charge in [0.1, 0.15) is 0 Å². The van der Waals surface area contributed by atoms with Crippen molar-refractivity contribution in [3.63, 3.8) is 0 Å². The van der Waals surface area contributed by atoms with Gasteiger partial charge in [-0.1, -0.05) is 12.1 Å². The van der Waals surface area contributed by atoms with Gasteiger partial charge in [-0.05, 0) is 30.5 Å². The number of benzene rings is 1. The third-order valence-electron chi connectivity index (χ3n) is 3.73. The van der Waals surface area contributed by atoms with Crippen molar-refractivity contribution in [2.24, 2.45) is 0 Å². The third-order valence-corrected chi connectivity index (χ3v) is 3.73. The molecule has 1 aromatic carbocycles. The second-order valence-electron chi connectivity index (χ2n) is 5.57. The molecule has 0 saturated heterocycles. The fraction of sp³-hybridized carbons (Fsp3) is 0.533. The van der Waals surface area contributed by atoms with Gasteiger partial charge in [0.15, 0.2) is 0 Å². The van der Waals surface area contributed by atoms with E-state index in [9.17, 15) is 26.7 Å². The summed E-state index contributed by atoms with van der Waals surface area (Å²) >= 11 is 0.